The molecule has 0 aliphatic heterocycles. The Morgan fingerprint density at radius 1 is 1.44 bits per heavy atom. The highest BCUT2D eigenvalue weighted by atomic mass is 32.1. The van der Waals surface area contributed by atoms with Gasteiger partial charge in [-0.05, 0) is 12.1 Å². The Labute approximate surface area is 103 Å². The molecule has 1 N–H and O–H groups in total. The highest BCUT2D eigenvalue weighted by molar-refractivity contribution is 7.16. The normalized spacial score (nSPS) is 11.7. The van der Waals surface area contributed by atoms with Crippen LogP contribution in [-0.2, 0) is 0 Å². The van der Waals surface area contributed by atoms with Crippen LogP contribution in [0.15, 0.2) is 17.6 Å². The monoisotopic (exact) mass is 277 g/mol. The number of aromatic nitrogens is 1. The molecule has 0 saturated heterocycles. The Morgan fingerprint density at radius 2 is 2.17 bits per heavy atom. The van der Waals surface area contributed by atoms with Gasteiger partial charge in [0, 0.05) is 0 Å². The van der Waals surface area contributed by atoms with Gasteiger partial charge in [0.2, 0.25) is 0 Å². The van der Waals surface area contributed by atoms with Crippen LogP contribution >= 0.6 is 11.3 Å². The van der Waals surface area contributed by atoms with Crippen LogP contribution in [0.1, 0.15) is 10.4 Å². The molecular formula is C10H6F3NO3S. The molecule has 0 aliphatic rings. The number of benzene rings is 1. The molecular weight excluding hydrogens is 271 g/mol. The quantitative estimate of drug-likeness (QED) is 0.937. The fourth-order valence-corrected chi connectivity index (χ4v) is 2.06. The molecule has 0 spiro atoms. The zero-order valence-electron chi connectivity index (χ0n) is 8.69. The fraction of sp³-hybridized carbons (Fsp3) is 0.200. The standard InChI is InChI=1S/C10H6F3NO3S/c11-10(12,13)3-17-6-1-5(9(15)16)2-7-8(6)14-4-18-7/h1-2,4H,3H2,(H,15,16). The van der Waals surface area contributed by atoms with Crippen molar-refractivity contribution in [2.75, 3.05) is 6.61 Å². The van der Waals surface area contributed by atoms with Gasteiger partial charge in [-0.15, -0.1) is 11.3 Å². The number of carboxylic acid groups (broad SMARTS) is 1. The highest BCUT2D eigenvalue weighted by Gasteiger charge is 2.29. The van der Waals surface area contributed by atoms with Gasteiger partial charge < -0.3 is 9.84 Å². The van der Waals surface area contributed by atoms with Gasteiger partial charge in [-0.25, -0.2) is 9.78 Å². The van der Waals surface area contributed by atoms with Gasteiger partial charge >= 0.3 is 12.1 Å². The largest absolute Gasteiger partial charge is 0.482 e. The van der Waals surface area contributed by atoms with Crippen molar-refractivity contribution in [3.8, 4) is 5.75 Å². The molecule has 0 radical (unpaired) electrons. The van der Waals surface area contributed by atoms with E-state index in [1.807, 2.05) is 0 Å². The Morgan fingerprint density at radius 3 is 2.78 bits per heavy atom. The van der Waals surface area contributed by atoms with E-state index in [1.165, 1.54) is 11.6 Å². The van der Waals surface area contributed by atoms with Gasteiger partial charge in [-0.1, -0.05) is 0 Å². The number of carbonyl (C=O) groups is 1. The number of carboxylic acids is 1. The second kappa shape index (κ2) is 4.45. The molecule has 0 bridgehead atoms. The molecule has 0 fully saturated rings. The number of fused-ring (bicyclic) bond motifs is 1. The summed E-state index contributed by atoms with van der Waals surface area (Å²) in [6.07, 6.45) is -4.48. The fourth-order valence-electron chi connectivity index (χ4n) is 1.33. The number of thiazole rings is 1. The Bertz CT molecular complexity index is 594. The molecule has 2 aromatic rings. The van der Waals surface area contributed by atoms with Gasteiger partial charge in [0.05, 0.1) is 15.8 Å². The van der Waals surface area contributed by atoms with Crippen molar-refractivity contribution in [2.24, 2.45) is 0 Å². The number of hydrogen-bond acceptors (Lipinski definition) is 4. The van der Waals surface area contributed by atoms with Crippen molar-refractivity contribution in [3.63, 3.8) is 0 Å². The first-order chi connectivity index (χ1) is 8.37. The second-order valence-electron chi connectivity index (χ2n) is 3.38. The van der Waals surface area contributed by atoms with Crippen LogP contribution in [0.25, 0.3) is 10.2 Å². The van der Waals surface area contributed by atoms with Crippen LogP contribution in [0.4, 0.5) is 13.2 Å². The van der Waals surface area contributed by atoms with Gasteiger partial charge in [0.25, 0.3) is 0 Å². The van der Waals surface area contributed by atoms with E-state index in [1.54, 1.807) is 0 Å². The van der Waals surface area contributed by atoms with E-state index in [-0.39, 0.29) is 16.8 Å². The third kappa shape index (κ3) is 2.70. The average Bonchev–Trinajstić information content (AvgIpc) is 2.72. The molecule has 1 aromatic heterocycles. The molecule has 0 aliphatic carbocycles. The van der Waals surface area contributed by atoms with Crippen molar-refractivity contribution in [3.05, 3.63) is 23.2 Å². The number of alkyl halides is 3. The minimum Gasteiger partial charge on any atom is -0.482 e. The smallest absolute Gasteiger partial charge is 0.422 e. The molecule has 0 atom stereocenters. The van der Waals surface area contributed by atoms with Crippen molar-refractivity contribution in [1.82, 2.24) is 4.98 Å². The zero-order valence-corrected chi connectivity index (χ0v) is 9.51. The first-order valence-corrected chi connectivity index (χ1v) is 5.55. The third-order valence-corrected chi connectivity index (χ3v) is 2.82. The third-order valence-electron chi connectivity index (χ3n) is 2.04. The maximum Gasteiger partial charge on any atom is 0.422 e. The molecule has 0 amide bonds. The van der Waals surface area contributed by atoms with Crippen LogP contribution in [0.3, 0.4) is 0 Å². The predicted molar refractivity (Wildman–Crippen MR) is 58.1 cm³/mol. The summed E-state index contributed by atoms with van der Waals surface area (Å²) in [7, 11) is 0. The van der Waals surface area contributed by atoms with Crippen molar-refractivity contribution < 1.29 is 27.8 Å². The van der Waals surface area contributed by atoms with Gasteiger partial charge in [-0.3, -0.25) is 0 Å². The van der Waals surface area contributed by atoms with Crippen molar-refractivity contribution >= 4 is 27.5 Å². The zero-order chi connectivity index (χ0) is 13.3. The summed E-state index contributed by atoms with van der Waals surface area (Å²) < 4.78 is 41.3. The molecule has 18 heavy (non-hydrogen) atoms. The second-order valence-corrected chi connectivity index (χ2v) is 4.27. The SMILES string of the molecule is O=C(O)c1cc(OCC(F)(F)F)c2ncsc2c1. The van der Waals surface area contributed by atoms with Gasteiger partial charge in [0.1, 0.15) is 11.3 Å². The summed E-state index contributed by atoms with van der Waals surface area (Å²) in [5.74, 6) is -1.41. The van der Waals surface area contributed by atoms with Crippen LogP contribution in [0.5, 0.6) is 5.75 Å². The molecule has 1 heterocycles. The lowest BCUT2D eigenvalue weighted by Gasteiger charge is -2.10. The highest BCUT2D eigenvalue weighted by Crippen LogP contribution is 2.30. The van der Waals surface area contributed by atoms with Crippen LogP contribution < -0.4 is 4.74 Å². The Balaban J connectivity index is 2.41. The van der Waals surface area contributed by atoms with E-state index >= 15 is 0 Å². The maximum absolute atomic E-state index is 12.1. The Hall–Kier alpha value is -1.83. The van der Waals surface area contributed by atoms with Crippen LogP contribution in [-0.4, -0.2) is 28.8 Å². The number of rotatable bonds is 3. The van der Waals surface area contributed by atoms with E-state index in [2.05, 4.69) is 9.72 Å². The van der Waals surface area contributed by atoms with Crippen LogP contribution in [0, 0.1) is 0 Å². The molecule has 0 unspecified atom stereocenters. The van der Waals surface area contributed by atoms with Crippen LogP contribution in [0.2, 0.25) is 0 Å². The summed E-state index contributed by atoms with van der Waals surface area (Å²) in [4.78, 5) is 14.7. The lowest BCUT2D eigenvalue weighted by molar-refractivity contribution is -0.153. The average molecular weight is 277 g/mol. The molecule has 2 rings (SSSR count). The minimum atomic E-state index is -4.48. The lowest BCUT2D eigenvalue weighted by Crippen LogP contribution is -2.19. The number of halogens is 3. The van der Waals surface area contributed by atoms with Gasteiger partial charge in [-0.2, -0.15) is 13.2 Å². The van der Waals surface area contributed by atoms with Crippen molar-refractivity contribution in [1.29, 1.82) is 0 Å². The minimum absolute atomic E-state index is 0.135. The molecule has 96 valence electrons. The van der Waals surface area contributed by atoms with E-state index in [0.29, 0.717) is 4.70 Å². The maximum atomic E-state index is 12.1. The lowest BCUT2D eigenvalue weighted by atomic mass is 10.2. The van der Waals surface area contributed by atoms with E-state index in [9.17, 15) is 18.0 Å². The topological polar surface area (TPSA) is 59.4 Å². The molecule has 4 nitrogen and oxygen atoms in total. The predicted octanol–water partition coefficient (Wildman–Crippen LogP) is 2.94. The summed E-state index contributed by atoms with van der Waals surface area (Å²) in [5, 5.41) is 8.84. The van der Waals surface area contributed by atoms with E-state index in [4.69, 9.17) is 5.11 Å². The number of hydrogen-bond donors (Lipinski definition) is 1. The van der Waals surface area contributed by atoms with E-state index in [0.717, 1.165) is 17.4 Å². The first-order valence-electron chi connectivity index (χ1n) is 4.67. The molecule has 8 heteroatoms. The summed E-state index contributed by atoms with van der Waals surface area (Å²) in [6, 6.07) is 2.38. The summed E-state index contributed by atoms with van der Waals surface area (Å²) in [6.45, 7) is -1.48. The number of nitrogens with zero attached hydrogens (tertiary/aromatic N) is 1. The summed E-state index contributed by atoms with van der Waals surface area (Å²) in [5.41, 5.74) is 1.51. The van der Waals surface area contributed by atoms with E-state index < -0.39 is 18.8 Å². The first kappa shape index (κ1) is 12.6. The molecule has 0 saturated carbocycles. The molecule has 1 aromatic carbocycles. The number of ether oxygens (including phenoxy) is 1. The van der Waals surface area contributed by atoms with Crippen molar-refractivity contribution in [2.45, 2.75) is 6.18 Å². The summed E-state index contributed by atoms with van der Waals surface area (Å²) >= 11 is 1.13. The number of aromatic carboxylic acids is 1. The Kier molecular flexibility index (Phi) is 3.12. The van der Waals surface area contributed by atoms with Gasteiger partial charge in [0.15, 0.2) is 6.61 Å².